The highest BCUT2D eigenvalue weighted by Gasteiger charge is 2.36. The van der Waals surface area contributed by atoms with Gasteiger partial charge < -0.3 is 10.0 Å². The summed E-state index contributed by atoms with van der Waals surface area (Å²) in [6, 6.07) is 8.33. The first-order valence-corrected chi connectivity index (χ1v) is 7.85. The summed E-state index contributed by atoms with van der Waals surface area (Å²) in [5.74, 6) is -0.896. The molecule has 2 atom stereocenters. The van der Waals surface area contributed by atoms with Crippen molar-refractivity contribution >= 4 is 17.3 Å². The zero-order valence-electron chi connectivity index (χ0n) is 12.9. The van der Waals surface area contributed by atoms with Gasteiger partial charge >= 0.3 is 0 Å². The second-order valence-electron chi connectivity index (χ2n) is 6.10. The molecule has 0 bridgehead atoms. The van der Waals surface area contributed by atoms with Crippen molar-refractivity contribution in [2.45, 2.75) is 11.8 Å². The smallest absolute Gasteiger partial charge is 0.269 e. The molecule has 2 aromatic rings. The van der Waals surface area contributed by atoms with Gasteiger partial charge in [-0.1, -0.05) is 11.6 Å². The molecule has 1 N–H and O–H groups in total. The van der Waals surface area contributed by atoms with E-state index < -0.39 is 10.7 Å². The van der Waals surface area contributed by atoms with Gasteiger partial charge in [0, 0.05) is 47.6 Å². The Bertz CT molecular complexity index is 799. The zero-order chi connectivity index (χ0) is 17.4. The van der Waals surface area contributed by atoms with Crippen LogP contribution in [0.1, 0.15) is 23.0 Å². The second kappa shape index (κ2) is 6.37. The van der Waals surface area contributed by atoms with Crippen LogP contribution in [0, 0.1) is 15.9 Å². The number of nitrogens with zero attached hydrogens (tertiary/aromatic N) is 2. The van der Waals surface area contributed by atoms with Crippen LogP contribution in [0.2, 0.25) is 5.02 Å². The fraction of sp³-hybridized carbons (Fsp3) is 0.294. The predicted octanol–water partition coefficient (Wildman–Crippen LogP) is 3.91. The molecular weight excluding hydrogens is 335 g/mol. The van der Waals surface area contributed by atoms with E-state index in [1.165, 1.54) is 12.1 Å². The lowest BCUT2D eigenvalue weighted by Crippen LogP contribution is -2.13. The SMILES string of the molecule is CN1C[C@@H](c2cc(Cl)ccc2O)[C@H](c2cc([N+](=O)[O-])ccc2F)C1. The Hall–Kier alpha value is -2.18. The number of benzene rings is 2. The van der Waals surface area contributed by atoms with E-state index in [0.29, 0.717) is 23.7 Å². The molecule has 0 unspecified atom stereocenters. The molecule has 3 rings (SSSR count). The van der Waals surface area contributed by atoms with E-state index in [1.807, 2.05) is 11.9 Å². The maximum atomic E-state index is 14.4. The highest BCUT2D eigenvalue weighted by Crippen LogP contribution is 2.44. The number of non-ortho nitro benzene ring substituents is 1. The van der Waals surface area contributed by atoms with Crippen molar-refractivity contribution in [3.63, 3.8) is 0 Å². The Labute approximate surface area is 143 Å². The van der Waals surface area contributed by atoms with Crippen molar-refractivity contribution in [3.8, 4) is 5.75 Å². The van der Waals surface area contributed by atoms with Gasteiger partial charge in [-0.05, 0) is 36.9 Å². The fourth-order valence-corrected chi connectivity index (χ4v) is 3.56. The van der Waals surface area contributed by atoms with Crippen molar-refractivity contribution in [1.29, 1.82) is 0 Å². The van der Waals surface area contributed by atoms with E-state index in [2.05, 4.69) is 0 Å². The number of likely N-dealkylation sites (tertiary alicyclic amines) is 1. The Morgan fingerprint density at radius 2 is 1.88 bits per heavy atom. The molecule has 1 fully saturated rings. The fourth-order valence-electron chi connectivity index (χ4n) is 3.38. The second-order valence-corrected chi connectivity index (χ2v) is 6.54. The molecule has 1 aliphatic rings. The zero-order valence-corrected chi connectivity index (χ0v) is 13.7. The Morgan fingerprint density at radius 1 is 1.21 bits per heavy atom. The maximum Gasteiger partial charge on any atom is 0.269 e. The number of phenols is 1. The summed E-state index contributed by atoms with van der Waals surface area (Å²) in [5.41, 5.74) is 0.774. The van der Waals surface area contributed by atoms with Gasteiger partial charge in [-0.2, -0.15) is 0 Å². The number of phenolic OH excluding ortho intramolecular Hbond substituents is 1. The third-order valence-corrected chi connectivity index (χ3v) is 4.72. The van der Waals surface area contributed by atoms with E-state index in [9.17, 15) is 19.6 Å². The third-order valence-electron chi connectivity index (χ3n) is 4.48. The quantitative estimate of drug-likeness (QED) is 0.673. The third kappa shape index (κ3) is 3.07. The highest BCUT2D eigenvalue weighted by molar-refractivity contribution is 6.30. The molecule has 126 valence electrons. The largest absolute Gasteiger partial charge is 0.508 e. The topological polar surface area (TPSA) is 66.6 Å². The molecule has 0 saturated carbocycles. The van der Waals surface area contributed by atoms with Crippen LogP contribution < -0.4 is 0 Å². The molecular formula is C17H16ClFN2O3. The Kier molecular flexibility index (Phi) is 4.43. The Balaban J connectivity index is 2.07. The minimum Gasteiger partial charge on any atom is -0.508 e. The van der Waals surface area contributed by atoms with E-state index in [0.717, 1.165) is 12.1 Å². The molecule has 0 radical (unpaired) electrons. The van der Waals surface area contributed by atoms with Crippen molar-refractivity contribution in [2.24, 2.45) is 0 Å². The van der Waals surface area contributed by atoms with E-state index in [1.54, 1.807) is 12.1 Å². The van der Waals surface area contributed by atoms with Crippen LogP contribution in [-0.4, -0.2) is 35.1 Å². The number of rotatable bonds is 3. The van der Waals surface area contributed by atoms with Gasteiger partial charge in [0.05, 0.1) is 4.92 Å². The molecule has 24 heavy (non-hydrogen) atoms. The van der Waals surface area contributed by atoms with Gasteiger partial charge in [0.25, 0.3) is 5.69 Å². The van der Waals surface area contributed by atoms with Crippen LogP contribution in [0.5, 0.6) is 5.75 Å². The van der Waals surface area contributed by atoms with Crippen LogP contribution in [-0.2, 0) is 0 Å². The molecule has 0 aromatic heterocycles. The molecule has 0 aliphatic carbocycles. The molecule has 5 nitrogen and oxygen atoms in total. The van der Waals surface area contributed by atoms with E-state index >= 15 is 0 Å². The van der Waals surface area contributed by atoms with Crippen LogP contribution in [0.3, 0.4) is 0 Å². The van der Waals surface area contributed by atoms with Crippen molar-refractivity contribution < 1.29 is 14.4 Å². The number of halogens is 2. The van der Waals surface area contributed by atoms with Gasteiger partial charge in [-0.15, -0.1) is 0 Å². The highest BCUT2D eigenvalue weighted by atomic mass is 35.5. The molecule has 2 aromatic carbocycles. The average Bonchev–Trinajstić information content (AvgIpc) is 2.91. The van der Waals surface area contributed by atoms with Crippen molar-refractivity contribution in [3.05, 3.63) is 68.5 Å². The molecule has 0 spiro atoms. The lowest BCUT2D eigenvalue weighted by atomic mass is 9.83. The van der Waals surface area contributed by atoms with Crippen LogP contribution in [0.15, 0.2) is 36.4 Å². The first-order valence-electron chi connectivity index (χ1n) is 7.47. The van der Waals surface area contributed by atoms with Crippen molar-refractivity contribution in [1.82, 2.24) is 4.90 Å². The summed E-state index contributed by atoms with van der Waals surface area (Å²) >= 11 is 6.04. The van der Waals surface area contributed by atoms with Crippen LogP contribution >= 0.6 is 11.6 Å². The summed E-state index contributed by atoms with van der Waals surface area (Å²) in [6.45, 7) is 1.13. The molecule has 1 aliphatic heterocycles. The number of likely N-dealkylation sites (N-methyl/N-ethyl adjacent to an activating group) is 1. The Morgan fingerprint density at radius 3 is 2.54 bits per heavy atom. The monoisotopic (exact) mass is 350 g/mol. The predicted molar refractivity (Wildman–Crippen MR) is 89.2 cm³/mol. The maximum absolute atomic E-state index is 14.4. The number of nitro groups is 1. The normalized spacial score (nSPS) is 21.1. The minimum atomic E-state index is -0.534. The number of aromatic hydroxyl groups is 1. The first-order chi connectivity index (χ1) is 11.4. The molecule has 0 amide bonds. The van der Waals surface area contributed by atoms with E-state index in [4.69, 9.17) is 11.6 Å². The van der Waals surface area contributed by atoms with Gasteiger partial charge in [-0.3, -0.25) is 10.1 Å². The number of hydrogen-bond donors (Lipinski definition) is 1. The molecule has 7 heteroatoms. The first kappa shape index (κ1) is 16.7. The van der Waals surface area contributed by atoms with Gasteiger partial charge in [0.2, 0.25) is 0 Å². The van der Waals surface area contributed by atoms with Gasteiger partial charge in [0.1, 0.15) is 11.6 Å². The van der Waals surface area contributed by atoms with Gasteiger partial charge in [0.15, 0.2) is 0 Å². The number of nitro benzene ring substituents is 1. The summed E-state index contributed by atoms with van der Waals surface area (Å²) in [7, 11) is 1.89. The van der Waals surface area contributed by atoms with E-state index in [-0.39, 0.29) is 28.8 Å². The lowest BCUT2D eigenvalue weighted by molar-refractivity contribution is -0.385. The average molecular weight is 351 g/mol. The van der Waals surface area contributed by atoms with Gasteiger partial charge in [-0.25, -0.2) is 4.39 Å². The van der Waals surface area contributed by atoms with Crippen molar-refractivity contribution in [2.75, 3.05) is 20.1 Å². The minimum absolute atomic E-state index is 0.0931. The summed E-state index contributed by atoms with van der Waals surface area (Å²) in [5, 5.41) is 21.7. The molecule has 1 heterocycles. The summed E-state index contributed by atoms with van der Waals surface area (Å²) in [4.78, 5) is 12.5. The van der Waals surface area contributed by atoms with Crippen LogP contribution in [0.4, 0.5) is 10.1 Å². The standard InChI is InChI=1S/C17H16ClFN2O3/c1-20-8-14(12-7-11(21(23)24)3-4-16(12)19)15(9-20)13-6-10(18)2-5-17(13)22/h2-7,14-15,22H,8-9H2,1H3/t14-,15-/m0/s1. The summed E-state index contributed by atoms with van der Waals surface area (Å²) in [6.07, 6.45) is 0. The van der Waals surface area contributed by atoms with Crippen LogP contribution in [0.25, 0.3) is 0 Å². The number of hydrogen-bond acceptors (Lipinski definition) is 4. The molecule has 1 saturated heterocycles. The lowest BCUT2D eigenvalue weighted by Gasteiger charge is -2.21. The summed E-state index contributed by atoms with van der Waals surface area (Å²) < 4.78 is 14.4.